The van der Waals surface area contributed by atoms with Crippen molar-refractivity contribution in [2.75, 3.05) is 0 Å². The largest absolute Gasteiger partial charge is 0.457 e. The molecule has 0 aliphatic heterocycles. The van der Waals surface area contributed by atoms with Crippen LogP contribution in [0.15, 0.2) is 39.5 Å². The minimum Gasteiger partial charge on any atom is -0.457 e. The normalized spacial score (nSPS) is 12.3. The first-order valence-corrected chi connectivity index (χ1v) is 5.85. The van der Waals surface area contributed by atoms with E-state index >= 15 is 0 Å². The molecule has 2 rings (SSSR count). The molecule has 1 atom stereocenters. The Bertz CT molecular complexity index is 627. The zero-order valence-corrected chi connectivity index (χ0v) is 10.3. The topological polar surface area (TPSA) is 56.5 Å². The predicted molar refractivity (Wildman–Crippen MR) is 67.7 cm³/mol. The van der Waals surface area contributed by atoms with Crippen molar-refractivity contribution in [2.45, 2.75) is 26.4 Å². The Labute approximate surface area is 104 Å². The van der Waals surface area contributed by atoms with Gasteiger partial charge in [0, 0.05) is 6.07 Å². The third-order valence-electron chi connectivity index (χ3n) is 2.72. The Morgan fingerprint density at radius 3 is 2.83 bits per heavy atom. The summed E-state index contributed by atoms with van der Waals surface area (Å²) in [5, 5.41) is 0.456. The van der Waals surface area contributed by atoms with Gasteiger partial charge in [0.05, 0.1) is 11.5 Å². The number of fused-ring (bicyclic) bond motifs is 1. The highest BCUT2D eigenvalue weighted by Gasteiger charge is 2.15. The zero-order valence-electron chi connectivity index (χ0n) is 10.3. The number of ether oxygens (including phenoxy) is 1. The molecule has 1 heterocycles. The lowest BCUT2D eigenvalue weighted by atomic mass is 10.2. The second-order valence-corrected chi connectivity index (χ2v) is 4.10. The Hall–Kier alpha value is -2.10. The Morgan fingerprint density at radius 1 is 1.39 bits per heavy atom. The molecular weight excluding hydrogens is 232 g/mol. The summed E-state index contributed by atoms with van der Waals surface area (Å²) >= 11 is 0. The number of carbonyl (C=O) groups is 1. The van der Waals surface area contributed by atoms with Gasteiger partial charge in [-0.15, -0.1) is 0 Å². The second-order valence-electron chi connectivity index (χ2n) is 4.10. The molecule has 0 spiro atoms. The van der Waals surface area contributed by atoms with Crippen molar-refractivity contribution in [3.05, 3.63) is 46.3 Å². The van der Waals surface area contributed by atoms with Crippen molar-refractivity contribution in [1.29, 1.82) is 0 Å². The van der Waals surface area contributed by atoms with Crippen LogP contribution in [0.4, 0.5) is 0 Å². The summed E-state index contributed by atoms with van der Waals surface area (Å²) in [7, 11) is 0. The summed E-state index contributed by atoms with van der Waals surface area (Å²) < 4.78 is 10.5. The molecule has 94 valence electrons. The number of rotatable bonds is 3. The summed E-state index contributed by atoms with van der Waals surface area (Å²) in [6.07, 6.45) is 0.512. The molecule has 0 bridgehead atoms. The first-order valence-electron chi connectivity index (χ1n) is 5.85. The summed E-state index contributed by atoms with van der Waals surface area (Å²) in [5.41, 5.74) is 0.147. The van der Waals surface area contributed by atoms with Gasteiger partial charge in [0.15, 0.2) is 5.43 Å². The van der Waals surface area contributed by atoms with Crippen molar-refractivity contribution in [3.8, 4) is 0 Å². The van der Waals surface area contributed by atoms with Crippen molar-refractivity contribution in [1.82, 2.24) is 0 Å². The van der Waals surface area contributed by atoms with Crippen molar-refractivity contribution in [2.24, 2.45) is 0 Å². The van der Waals surface area contributed by atoms with Crippen LogP contribution in [0.1, 0.15) is 30.8 Å². The van der Waals surface area contributed by atoms with Gasteiger partial charge >= 0.3 is 5.97 Å². The minimum absolute atomic E-state index is 0.0565. The molecule has 1 aromatic heterocycles. The maximum atomic E-state index is 11.8. The molecule has 0 fully saturated rings. The zero-order chi connectivity index (χ0) is 13.1. The lowest BCUT2D eigenvalue weighted by molar-refractivity contribution is 0.0299. The van der Waals surface area contributed by atoms with Crippen LogP contribution in [0.5, 0.6) is 0 Å². The molecule has 2 aromatic rings. The molecule has 4 nitrogen and oxygen atoms in total. The smallest absolute Gasteiger partial charge is 0.374 e. The SMILES string of the molecule is CCC(C)OC(=O)c1cc(=O)c2ccccc2o1. The van der Waals surface area contributed by atoms with Crippen LogP contribution in [-0.4, -0.2) is 12.1 Å². The van der Waals surface area contributed by atoms with Gasteiger partial charge in [-0.2, -0.15) is 0 Å². The van der Waals surface area contributed by atoms with Gasteiger partial charge in [0.1, 0.15) is 5.58 Å². The van der Waals surface area contributed by atoms with Crippen LogP contribution in [0.3, 0.4) is 0 Å². The van der Waals surface area contributed by atoms with E-state index in [2.05, 4.69) is 0 Å². The maximum absolute atomic E-state index is 11.8. The van der Waals surface area contributed by atoms with E-state index in [-0.39, 0.29) is 17.3 Å². The number of esters is 1. The molecule has 1 aromatic carbocycles. The van der Waals surface area contributed by atoms with E-state index in [4.69, 9.17) is 9.15 Å². The quantitative estimate of drug-likeness (QED) is 0.781. The van der Waals surface area contributed by atoms with Crippen LogP contribution >= 0.6 is 0 Å². The fourth-order valence-corrected chi connectivity index (χ4v) is 1.53. The molecule has 0 N–H and O–H groups in total. The molecule has 0 radical (unpaired) electrons. The van der Waals surface area contributed by atoms with Crippen molar-refractivity contribution < 1.29 is 13.9 Å². The van der Waals surface area contributed by atoms with E-state index in [1.807, 2.05) is 6.92 Å². The van der Waals surface area contributed by atoms with E-state index in [0.29, 0.717) is 17.4 Å². The highest BCUT2D eigenvalue weighted by molar-refractivity contribution is 5.88. The fourth-order valence-electron chi connectivity index (χ4n) is 1.53. The summed E-state index contributed by atoms with van der Waals surface area (Å²) in [6, 6.07) is 7.97. The average Bonchev–Trinajstić information content (AvgIpc) is 2.38. The van der Waals surface area contributed by atoms with Crippen LogP contribution in [0.25, 0.3) is 11.0 Å². The second kappa shape index (κ2) is 5.04. The van der Waals surface area contributed by atoms with Crippen molar-refractivity contribution >= 4 is 16.9 Å². The highest BCUT2D eigenvalue weighted by atomic mass is 16.6. The third kappa shape index (κ3) is 2.42. The van der Waals surface area contributed by atoms with Gasteiger partial charge in [-0.1, -0.05) is 19.1 Å². The van der Waals surface area contributed by atoms with Gasteiger partial charge in [-0.3, -0.25) is 4.79 Å². The molecule has 0 aliphatic rings. The molecule has 0 amide bonds. The Balaban J connectivity index is 2.41. The molecule has 0 aliphatic carbocycles. The molecular formula is C14H14O4. The minimum atomic E-state index is -0.604. The first kappa shape index (κ1) is 12.4. The standard InChI is InChI=1S/C14H14O4/c1-3-9(2)17-14(16)13-8-11(15)10-6-4-5-7-12(10)18-13/h4-9H,3H2,1-2H3. The van der Waals surface area contributed by atoms with Crippen molar-refractivity contribution in [3.63, 3.8) is 0 Å². The number of carbonyl (C=O) groups excluding carboxylic acids is 1. The summed E-state index contributed by atoms with van der Waals surface area (Å²) in [4.78, 5) is 23.5. The third-order valence-corrected chi connectivity index (χ3v) is 2.72. The number of hydrogen-bond acceptors (Lipinski definition) is 4. The lowest BCUT2D eigenvalue weighted by Crippen LogP contribution is -2.15. The van der Waals surface area contributed by atoms with Gasteiger partial charge in [0.25, 0.3) is 0 Å². The summed E-state index contributed by atoms with van der Waals surface area (Å²) in [5.74, 6) is -0.661. The summed E-state index contributed by atoms with van der Waals surface area (Å²) in [6.45, 7) is 3.70. The Kier molecular flexibility index (Phi) is 3.46. The maximum Gasteiger partial charge on any atom is 0.374 e. The van der Waals surface area contributed by atoms with Crippen LogP contribution in [0.2, 0.25) is 0 Å². The van der Waals surface area contributed by atoms with E-state index in [1.165, 1.54) is 6.07 Å². The van der Waals surface area contributed by atoms with Crippen LogP contribution < -0.4 is 5.43 Å². The molecule has 18 heavy (non-hydrogen) atoms. The number of hydrogen-bond donors (Lipinski definition) is 0. The fraction of sp³-hybridized carbons (Fsp3) is 0.286. The number of para-hydroxylation sites is 1. The first-order chi connectivity index (χ1) is 8.61. The molecule has 4 heteroatoms. The van der Waals surface area contributed by atoms with Gasteiger partial charge in [0.2, 0.25) is 5.76 Å². The van der Waals surface area contributed by atoms with Crippen LogP contribution in [-0.2, 0) is 4.74 Å². The highest BCUT2D eigenvalue weighted by Crippen LogP contribution is 2.13. The Morgan fingerprint density at radius 2 is 2.11 bits per heavy atom. The lowest BCUT2D eigenvalue weighted by Gasteiger charge is -2.10. The van der Waals surface area contributed by atoms with Gasteiger partial charge in [-0.25, -0.2) is 4.79 Å². The molecule has 1 unspecified atom stereocenters. The van der Waals surface area contributed by atoms with E-state index in [1.54, 1.807) is 31.2 Å². The van der Waals surface area contributed by atoms with E-state index in [9.17, 15) is 9.59 Å². The average molecular weight is 246 g/mol. The van der Waals surface area contributed by atoms with Gasteiger partial charge in [-0.05, 0) is 25.5 Å². The molecule has 0 saturated heterocycles. The van der Waals surface area contributed by atoms with Crippen LogP contribution in [0, 0.1) is 0 Å². The van der Waals surface area contributed by atoms with E-state index < -0.39 is 5.97 Å². The number of benzene rings is 1. The predicted octanol–water partition coefficient (Wildman–Crippen LogP) is 2.75. The van der Waals surface area contributed by atoms with Gasteiger partial charge < -0.3 is 9.15 Å². The monoisotopic (exact) mass is 246 g/mol. The van der Waals surface area contributed by atoms with E-state index in [0.717, 1.165) is 0 Å². The molecule has 0 saturated carbocycles.